The quantitative estimate of drug-likeness (QED) is 0.312. The maximum atomic E-state index is 13.0. The van der Waals surface area contributed by atoms with Gasteiger partial charge >= 0.3 is 0 Å². The molecule has 1 fully saturated rings. The van der Waals surface area contributed by atoms with Crippen molar-refractivity contribution in [2.75, 3.05) is 25.0 Å². The lowest BCUT2D eigenvalue weighted by molar-refractivity contribution is 0.102. The van der Waals surface area contributed by atoms with Gasteiger partial charge in [-0.05, 0) is 62.7 Å². The highest BCUT2D eigenvalue weighted by atomic mass is 32.1. The second kappa shape index (κ2) is 10.8. The van der Waals surface area contributed by atoms with Gasteiger partial charge in [0.1, 0.15) is 11.5 Å². The molecule has 178 valence electrons. The zero-order valence-electron chi connectivity index (χ0n) is 19.8. The van der Waals surface area contributed by atoms with Crippen LogP contribution in [0.1, 0.15) is 45.6 Å². The molecular weight excluding hydrogens is 454 g/mol. The molecule has 5 nitrogen and oxygen atoms in total. The molecule has 6 heteroatoms. The van der Waals surface area contributed by atoms with Crippen molar-refractivity contribution in [3.05, 3.63) is 100 Å². The summed E-state index contributed by atoms with van der Waals surface area (Å²) in [4.78, 5) is 20.2. The summed E-state index contributed by atoms with van der Waals surface area (Å²) in [7, 11) is 0. The van der Waals surface area contributed by atoms with E-state index in [9.17, 15) is 4.79 Å². The molecule has 0 aliphatic carbocycles. The van der Waals surface area contributed by atoms with Gasteiger partial charge in [0.15, 0.2) is 0 Å². The molecule has 0 saturated carbocycles. The van der Waals surface area contributed by atoms with Gasteiger partial charge in [0.25, 0.3) is 5.91 Å². The molecule has 1 saturated heterocycles. The lowest BCUT2D eigenvalue weighted by atomic mass is 9.97. The first kappa shape index (κ1) is 23.3. The number of thiazole rings is 1. The molecule has 1 aliphatic heterocycles. The molecule has 2 aromatic carbocycles. The number of anilines is 1. The topological polar surface area (TPSA) is 58.4 Å². The summed E-state index contributed by atoms with van der Waals surface area (Å²) in [5, 5.41) is 6.03. The summed E-state index contributed by atoms with van der Waals surface area (Å²) >= 11 is 1.60. The van der Waals surface area contributed by atoms with E-state index in [2.05, 4.69) is 47.5 Å². The predicted molar refractivity (Wildman–Crippen MR) is 143 cm³/mol. The molecule has 3 heterocycles. The zero-order valence-corrected chi connectivity index (χ0v) is 20.6. The molecule has 4 aromatic rings. The number of furan rings is 1. The smallest absolute Gasteiger partial charge is 0.275 e. The van der Waals surface area contributed by atoms with Crippen LogP contribution >= 0.6 is 11.3 Å². The van der Waals surface area contributed by atoms with Gasteiger partial charge in [-0.1, -0.05) is 54.1 Å². The van der Waals surface area contributed by atoms with Gasteiger partial charge < -0.3 is 9.73 Å². The number of hydrogen-bond acceptors (Lipinski definition) is 5. The summed E-state index contributed by atoms with van der Waals surface area (Å²) in [6.45, 7) is 5.04. The van der Waals surface area contributed by atoms with Crippen LogP contribution in [0.15, 0.2) is 82.8 Å². The zero-order chi connectivity index (χ0) is 24.0. The molecule has 1 N–H and O–H groups in total. The van der Waals surface area contributed by atoms with Gasteiger partial charge in [-0.25, -0.2) is 4.98 Å². The number of aryl methyl sites for hydroxylation is 1. The van der Waals surface area contributed by atoms with Crippen LogP contribution in [-0.2, 0) is 0 Å². The van der Waals surface area contributed by atoms with Crippen LogP contribution in [0.5, 0.6) is 0 Å². The number of nitrogens with zero attached hydrogens (tertiary/aromatic N) is 2. The lowest BCUT2D eigenvalue weighted by Gasteiger charge is -2.30. The van der Waals surface area contributed by atoms with Crippen molar-refractivity contribution in [2.24, 2.45) is 0 Å². The molecule has 1 amide bonds. The van der Waals surface area contributed by atoms with E-state index in [1.807, 2.05) is 47.9 Å². The fourth-order valence-electron chi connectivity index (χ4n) is 4.41. The summed E-state index contributed by atoms with van der Waals surface area (Å²) in [5.74, 6) is 1.13. The normalized spacial score (nSPS) is 15.0. The average Bonchev–Trinajstić information content (AvgIpc) is 3.58. The highest BCUT2D eigenvalue weighted by Gasteiger charge is 2.23. The fourth-order valence-corrected chi connectivity index (χ4v) is 5.38. The second-order valence-corrected chi connectivity index (χ2v) is 9.82. The number of hydrogen-bond donors (Lipinski definition) is 1. The van der Waals surface area contributed by atoms with E-state index in [1.165, 1.54) is 5.56 Å². The molecule has 0 unspecified atom stereocenters. The maximum absolute atomic E-state index is 13.0. The van der Waals surface area contributed by atoms with Gasteiger partial charge in [0.2, 0.25) is 0 Å². The van der Waals surface area contributed by atoms with Crippen molar-refractivity contribution in [1.29, 1.82) is 0 Å². The number of para-hydroxylation sites is 1. The Morgan fingerprint density at radius 2 is 1.91 bits per heavy atom. The van der Waals surface area contributed by atoms with E-state index in [-0.39, 0.29) is 5.91 Å². The molecular formula is C29H29N3O2S. The first-order chi connectivity index (χ1) is 17.2. The van der Waals surface area contributed by atoms with E-state index < -0.39 is 0 Å². The lowest BCUT2D eigenvalue weighted by Crippen LogP contribution is -2.33. The number of rotatable bonds is 7. The third-order valence-electron chi connectivity index (χ3n) is 6.42. The van der Waals surface area contributed by atoms with E-state index >= 15 is 0 Å². The summed E-state index contributed by atoms with van der Waals surface area (Å²) in [6.07, 6.45) is 7.98. The Morgan fingerprint density at radius 1 is 1.11 bits per heavy atom. The van der Waals surface area contributed by atoms with Crippen LogP contribution in [0.3, 0.4) is 0 Å². The average molecular weight is 484 g/mol. The Kier molecular flexibility index (Phi) is 7.21. The van der Waals surface area contributed by atoms with Crippen LogP contribution in [0.25, 0.3) is 17.2 Å². The number of piperidine rings is 1. The molecule has 35 heavy (non-hydrogen) atoms. The van der Waals surface area contributed by atoms with E-state index in [4.69, 9.17) is 9.40 Å². The van der Waals surface area contributed by atoms with E-state index in [1.54, 1.807) is 17.6 Å². The Labute approximate surface area is 210 Å². The summed E-state index contributed by atoms with van der Waals surface area (Å²) in [6, 6.07) is 20.1. The summed E-state index contributed by atoms with van der Waals surface area (Å²) in [5.41, 5.74) is 4.58. The number of likely N-dealkylation sites (tertiary alicyclic amines) is 1. The second-order valence-electron chi connectivity index (χ2n) is 8.93. The number of aromatic nitrogens is 1. The standard InChI is InChI=1S/C29H29N3O2S/c1-21-10-12-22(13-11-21)25-8-2-3-9-26(25)30-28(33)27-20-35-29(31-27)23-14-17-32(18-15-23)16-4-6-24-7-5-19-34-24/h2-13,19-20,23H,14-18H2,1H3,(H,30,33). The van der Waals surface area contributed by atoms with Crippen molar-refractivity contribution in [3.8, 4) is 11.1 Å². The molecule has 1 aliphatic rings. The van der Waals surface area contributed by atoms with Crippen molar-refractivity contribution in [2.45, 2.75) is 25.7 Å². The van der Waals surface area contributed by atoms with Crippen molar-refractivity contribution in [1.82, 2.24) is 9.88 Å². The van der Waals surface area contributed by atoms with Crippen LogP contribution in [0, 0.1) is 6.92 Å². The van der Waals surface area contributed by atoms with Gasteiger partial charge in [-0.15, -0.1) is 11.3 Å². The Morgan fingerprint density at radius 3 is 2.69 bits per heavy atom. The Hall–Kier alpha value is -3.48. The molecule has 5 rings (SSSR count). The highest BCUT2D eigenvalue weighted by molar-refractivity contribution is 7.10. The SMILES string of the molecule is Cc1ccc(-c2ccccc2NC(=O)c2csc(C3CCN(CC=Cc4ccco4)CC3)n2)cc1. The van der Waals surface area contributed by atoms with Gasteiger partial charge in [0, 0.05) is 29.1 Å². The number of carbonyl (C=O) groups is 1. The number of carbonyl (C=O) groups excluding carboxylic acids is 1. The molecule has 2 aromatic heterocycles. The summed E-state index contributed by atoms with van der Waals surface area (Å²) < 4.78 is 5.35. The van der Waals surface area contributed by atoms with Crippen LogP contribution < -0.4 is 5.32 Å². The molecule has 0 radical (unpaired) electrons. The third-order valence-corrected chi connectivity index (χ3v) is 7.43. The largest absolute Gasteiger partial charge is 0.465 e. The minimum absolute atomic E-state index is 0.160. The molecule has 0 spiro atoms. The van der Waals surface area contributed by atoms with Crippen LogP contribution in [-0.4, -0.2) is 35.4 Å². The minimum atomic E-state index is -0.160. The van der Waals surface area contributed by atoms with E-state index in [0.717, 1.165) is 60.1 Å². The van der Waals surface area contributed by atoms with Crippen LogP contribution in [0.4, 0.5) is 5.69 Å². The predicted octanol–water partition coefficient (Wildman–Crippen LogP) is 6.86. The van der Waals surface area contributed by atoms with E-state index in [0.29, 0.717) is 11.6 Å². The van der Waals surface area contributed by atoms with Gasteiger partial charge in [0.05, 0.1) is 11.3 Å². The number of amides is 1. The third kappa shape index (κ3) is 5.78. The van der Waals surface area contributed by atoms with Crippen molar-refractivity contribution >= 4 is 29.0 Å². The first-order valence-corrected chi connectivity index (χ1v) is 12.9. The molecule has 0 bridgehead atoms. The number of nitrogens with one attached hydrogen (secondary N) is 1. The molecule has 0 atom stereocenters. The first-order valence-electron chi connectivity index (χ1n) is 12.0. The maximum Gasteiger partial charge on any atom is 0.275 e. The van der Waals surface area contributed by atoms with Crippen molar-refractivity contribution < 1.29 is 9.21 Å². The fraction of sp³-hybridized carbons (Fsp3) is 0.241. The highest BCUT2D eigenvalue weighted by Crippen LogP contribution is 2.32. The monoisotopic (exact) mass is 483 g/mol. The van der Waals surface area contributed by atoms with Crippen molar-refractivity contribution in [3.63, 3.8) is 0 Å². The Balaban J connectivity index is 1.18. The van der Waals surface area contributed by atoms with Gasteiger partial charge in [-0.2, -0.15) is 0 Å². The Bertz CT molecular complexity index is 1280. The van der Waals surface area contributed by atoms with Crippen LogP contribution in [0.2, 0.25) is 0 Å². The minimum Gasteiger partial charge on any atom is -0.465 e. The number of benzene rings is 2. The van der Waals surface area contributed by atoms with Gasteiger partial charge in [-0.3, -0.25) is 9.69 Å².